The van der Waals surface area contributed by atoms with Gasteiger partial charge in [0.25, 0.3) is 0 Å². The summed E-state index contributed by atoms with van der Waals surface area (Å²) in [4.78, 5) is 22.0. The fourth-order valence-corrected chi connectivity index (χ4v) is 2.63. The summed E-state index contributed by atoms with van der Waals surface area (Å²) >= 11 is 0. The molecule has 1 fully saturated rings. The largest absolute Gasteiger partial charge is 1.00 e. The Kier molecular flexibility index (Phi) is 10.4. The van der Waals surface area contributed by atoms with Gasteiger partial charge in [-0.2, -0.15) is 0 Å². The molecule has 0 spiro atoms. The normalized spacial score (nSPS) is 27.5. The van der Waals surface area contributed by atoms with Crippen molar-refractivity contribution < 1.29 is 60.4 Å². The topological polar surface area (TPSA) is 74.6 Å². The predicted molar refractivity (Wildman–Crippen MR) is 56.7 cm³/mol. The second-order valence-corrected chi connectivity index (χ2v) is 4.29. The van der Waals surface area contributed by atoms with Crippen LogP contribution in [-0.4, -0.2) is 22.2 Å². The molecule has 0 aliphatic heterocycles. The summed E-state index contributed by atoms with van der Waals surface area (Å²) < 4.78 is 0. The molecule has 1 saturated carbocycles. The molecule has 1 aliphatic carbocycles. The first-order valence-corrected chi connectivity index (χ1v) is 5.53. The predicted octanol–water partition coefficient (Wildman–Crippen LogP) is -3.78. The summed E-state index contributed by atoms with van der Waals surface area (Å²) in [7, 11) is 0. The van der Waals surface area contributed by atoms with Crippen molar-refractivity contribution in [2.45, 2.75) is 39.0 Å². The van der Waals surface area contributed by atoms with Crippen LogP contribution in [0.5, 0.6) is 0 Å². The second kappa shape index (κ2) is 9.12. The molecule has 0 heterocycles. The maximum atomic E-state index is 11.1. The fourth-order valence-electron chi connectivity index (χ4n) is 2.63. The van der Waals surface area contributed by atoms with Crippen LogP contribution in [0.25, 0.3) is 0 Å². The van der Waals surface area contributed by atoms with Crippen LogP contribution in [0.2, 0.25) is 0 Å². The van der Waals surface area contributed by atoms with Crippen molar-refractivity contribution in [2.75, 3.05) is 0 Å². The van der Waals surface area contributed by atoms with E-state index in [0.717, 1.165) is 25.7 Å². The van der Waals surface area contributed by atoms with Gasteiger partial charge in [0.2, 0.25) is 0 Å². The molecule has 1 rings (SSSR count). The van der Waals surface area contributed by atoms with Gasteiger partial charge in [0.15, 0.2) is 0 Å². The smallest absolute Gasteiger partial charge is 1.00 e. The summed E-state index contributed by atoms with van der Waals surface area (Å²) in [5, 5.41) is 18.1. The van der Waals surface area contributed by atoms with Crippen molar-refractivity contribution in [2.24, 2.45) is 17.8 Å². The molecular weight excluding hydrogens is 210 g/mol. The van der Waals surface area contributed by atoms with Gasteiger partial charge in [-0.15, -0.1) is 0 Å². The average molecular weight is 230 g/mol. The quantitative estimate of drug-likeness (QED) is 0.486. The fraction of sp³-hybridized carbons (Fsp3) is 0.818. The zero-order valence-corrected chi connectivity index (χ0v) is 11.0. The van der Waals surface area contributed by atoms with E-state index >= 15 is 0 Å². The van der Waals surface area contributed by atoms with Crippen LogP contribution in [0.1, 0.15) is 41.9 Å². The number of carboxylic acid groups (broad SMARTS) is 2. The molecule has 0 aromatic heterocycles. The third-order valence-electron chi connectivity index (χ3n) is 3.29. The number of hydrogen-bond acceptors (Lipinski definition) is 2. The van der Waals surface area contributed by atoms with Crippen LogP contribution >= 0.6 is 0 Å². The Morgan fingerprint density at radius 2 is 1.76 bits per heavy atom. The van der Waals surface area contributed by atoms with E-state index in [4.69, 9.17) is 10.2 Å². The molecule has 90 valence electrons. The summed E-state index contributed by atoms with van der Waals surface area (Å²) in [6.07, 6.45) is 3.94. The van der Waals surface area contributed by atoms with Crippen LogP contribution in [-0.2, 0) is 9.59 Å². The third-order valence-corrected chi connectivity index (χ3v) is 3.29. The van der Waals surface area contributed by atoms with Crippen molar-refractivity contribution in [3.63, 3.8) is 0 Å². The number of carboxylic acids is 2. The Morgan fingerprint density at radius 1 is 1.18 bits per heavy atom. The van der Waals surface area contributed by atoms with Gasteiger partial charge in [0, 0.05) is 0 Å². The first kappa shape index (κ1) is 19.5. The number of aliphatic carboxylic acids is 2. The average Bonchev–Trinajstić information content (AvgIpc) is 2.17. The van der Waals surface area contributed by atoms with E-state index in [0.29, 0.717) is 6.42 Å². The third kappa shape index (κ3) is 5.10. The Balaban J connectivity index is -0.000000281. The molecule has 0 bridgehead atoms. The second-order valence-electron chi connectivity index (χ2n) is 4.29. The molecule has 6 heteroatoms. The SMILES string of the molecule is CCCC1CCCC(C(=O)O)C1C(=O)O.[H-].[H-].[Li+].[Li+]. The molecule has 4 nitrogen and oxygen atoms in total. The van der Waals surface area contributed by atoms with Crippen LogP contribution in [0.3, 0.4) is 0 Å². The number of hydrogen-bond donors (Lipinski definition) is 2. The molecule has 0 aromatic carbocycles. The summed E-state index contributed by atoms with van der Waals surface area (Å²) in [6.45, 7) is 2.00. The molecule has 0 aromatic rings. The molecular formula is C11H20Li2O4. The molecule has 3 unspecified atom stereocenters. The molecule has 2 N–H and O–H groups in total. The first-order chi connectivity index (χ1) is 7.07. The molecule has 0 amide bonds. The van der Waals surface area contributed by atoms with Gasteiger partial charge >= 0.3 is 49.7 Å². The minimum Gasteiger partial charge on any atom is -1.00 e. The Morgan fingerprint density at radius 3 is 2.18 bits per heavy atom. The zero-order chi connectivity index (χ0) is 11.4. The van der Waals surface area contributed by atoms with Gasteiger partial charge in [0.1, 0.15) is 0 Å². The van der Waals surface area contributed by atoms with E-state index in [1.54, 1.807) is 0 Å². The van der Waals surface area contributed by atoms with E-state index in [1.165, 1.54) is 0 Å². The van der Waals surface area contributed by atoms with Crippen molar-refractivity contribution in [3.05, 3.63) is 0 Å². The number of rotatable bonds is 4. The van der Waals surface area contributed by atoms with E-state index in [2.05, 4.69) is 0 Å². The maximum absolute atomic E-state index is 11.1. The van der Waals surface area contributed by atoms with Crippen LogP contribution in [0, 0.1) is 17.8 Å². The molecule has 17 heavy (non-hydrogen) atoms. The van der Waals surface area contributed by atoms with Crippen molar-refractivity contribution in [3.8, 4) is 0 Å². The Hall–Kier alpha value is 0.135. The minimum absolute atomic E-state index is 0. The Labute approximate surface area is 129 Å². The standard InChI is InChI=1S/C11H18O4.2Li.2H/c1-2-4-7-5-3-6-8(10(12)13)9(7)11(14)15;;;;/h7-9H,2-6H2,1H3,(H,12,13)(H,14,15);;;;/q;2*+1;2*-1. The molecule has 0 radical (unpaired) electrons. The van der Waals surface area contributed by atoms with Crippen LogP contribution < -0.4 is 37.7 Å². The van der Waals surface area contributed by atoms with Crippen LogP contribution in [0.15, 0.2) is 0 Å². The van der Waals surface area contributed by atoms with E-state index in [-0.39, 0.29) is 46.5 Å². The minimum atomic E-state index is -0.955. The van der Waals surface area contributed by atoms with Crippen molar-refractivity contribution in [1.29, 1.82) is 0 Å². The van der Waals surface area contributed by atoms with Gasteiger partial charge in [0.05, 0.1) is 11.8 Å². The van der Waals surface area contributed by atoms with Crippen LogP contribution in [0.4, 0.5) is 0 Å². The summed E-state index contributed by atoms with van der Waals surface area (Å²) in [5.74, 6) is -3.23. The summed E-state index contributed by atoms with van der Waals surface area (Å²) in [5.41, 5.74) is 0. The van der Waals surface area contributed by atoms with Crippen molar-refractivity contribution in [1.82, 2.24) is 0 Å². The monoisotopic (exact) mass is 230 g/mol. The molecule has 0 saturated heterocycles. The zero-order valence-electron chi connectivity index (χ0n) is 13.0. The Bertz CT molecular complexity index is 265. The first-order valence-electron chi connectivity index (χ1n) is 5.53. The van der Waals surface area contributed by atoms with E-state index in [1.807, 2.05) is 6.92 Å². The van der Waals surface area contributed by atoms with Gasteiger partial charge < -0.3 is 13.1 Å². The van der Waals surface area contributed by atoms with Gasteiger partial charge in [-0.1, -0.05) is 19.8 Å². The number of carbonyl (C=O) groups is 2. The maximum Gasteiger partial charge on any atom is 1.00 e. The van der Waals surface area contributed by atoms with Gasteiger partial charge in [-0.3, -0.25) is 9.59 Å². The molecule has 1 aliphatic rings. The van der Waals surface area contributed by atoms with Crippen molar-refractivity contribution >= 4 is 11.9 Å². The van der Waals surface area contributed by atoms with Gasteiger partial charge in [-0.05, 0) is 25.2 Å². The van der Waals surface area contributed by atoms with E-state index < -0.39 is 23.8 Å². The van der Waals surface area contributed by atoms with E-state index in [9.17, 15) is 9.59 Å². The van der Waals surface area contributed by atoms with Gasteiger partial charge in [-0.25, -0.2) is 0 Å². The summed E-state index contributed by atoms with van der Waals surface area (Å²) in [6, 6.07) is 0. The molecule has 3 atom stereocenters.